The van der Waals surface area contributed by atoms with Gasteiger partial charge in [0.2, 0.25) is 0 Å². The molecule has 2 rings (SSSR count). The van der Waals surface area contributed by atoms with E-state index in [1.54, 1.807) is 6.20 Å². The Kier molecular flexibility index (Phi) is 3.14. The van der Waals surface area contributed by atoms with Gasteiger partial charge in [0, 0.05) is 42.6 Å². The van der Waals surface area contributed by atoms with Crippen LogP contribution in [0.2, 0.25) is 0 Å². The molecule has 3 N–H and O–H groups in total. The molecule has 0 aliphatic rings. The van der Waals surface area contributed by atoms with E-state index < -0.39 is 23.5 Å². The van der Waals surface area contributed by atoms with Crippen LogP contribution in [0.3, 0.4) is 0 Å². The van der Waals surface area contributed by atoms with Crippen molar-refractivity contribution < 1.29 is 13.2 Å². The Hall–Kier alpha value is -1.82. The number of halogens is 3. The second kappa shape index (κ2) is 4.58. The first-order chi connectivity index (χ1) is 8.08. The molecule has 0 fully saturated rings. The highest BCUT2D eigenvalue weighted by atomic mass is 19.1. The number of hydrogen-bond acceptors (Lipinski definition) is 2. The molecule has 1 aromatic heterocycles. The van der Waals surface area contributed by atoms with E-state index in [9.17, 15) is 13.2 Å². The molecule has 6 heteroatoms. The predicted octanol–water partition coefficient (Wildman–Crippen LogP) is 2.07. The van der Waals surface area contributed by atoms with E-state index in [0.717, 1.165) is 0 Å². The van der Waals surface area contributed by atoms with Crippen LogP contribution in [0.25, 0.3) is 0 Å². The van der Waals surface area contributed by atoms with Crippen molar-refractivity contribution in [3.63, 3.8) is 0 Å². The van der Waals surface area contributed by atoms with Gasteiger partial charge in [-0.15, -0.1) is 0 Å². The van der Waals surface area contributed by atoms with Crippen LogP contribution in [0.15, 0.2) is 24.5 Å². The summed E-state index contributed by atoms with van der Waals surface area (Å²) in [4.78, 5) is 6.68. The maximum Gasteiger partial charge on any atom is 0.133 e. The van der Waals surface area contributed by atoms with Crippen LogP contribution in [0.4, 0.5) is 13.2 Å². The number of benzene rings is 1. The summed E-state index contributed by atoms with van der Waals surface area (Å²) in [7, 11) is 0. The maximum atomic E-state index is 13.4. The molecule has 0 saturated carbocycles. The largest absolute Gasteiger partial charge is 0.349 e. The van der Waals surface area contributed by atoms with E-state index in [4.69, 9.17) is 5.73 Å². The summed E-state index contributed by atoms with van der Waals surface area (Å²) in [6, 6.07) is 0.308. The first-order valence-corrected chi connectivity index (χ1v) is 4.96. The lowest BCUT2D eigenvalue weighted by Gasteiger charge is -2.12. The normalized spacial score (nSPS) is 12.7. The fourth-order valence-corrected chi connectivity index (χ4v) is 1.63. The Labute approximate surface area is 95.5 Å². The van der Waals surface area contributed by atoms with Gasteiger partial charge >= 0.3 is 0 Å². The first kappa shape index (κ1) is 11.7. The van der Waals surface area contributed by atoms with Gasteiger partial charge in [-0.3, -0.25) is 0 Å². The van der Waals surface area contributed by atoms with Gasteiger partial charge in [-0.25, -0.2) is 18.2 Å². The number of imidazole rings is 1. The number of rotatable bonds is 3. The second-order valence-corrected chi connectivity index (χ2v) is 3.63. The van der Waals surface area contributed by atoms with Gasteiger partial charge in [-0.1, -0.05) is 0 Å². The number of nitrogens with two attached hydrogens (primary N) is 1. The van der Waals surface area contributed by atoms with E-state index in [1.807, 2.05) is 0 Å². The van der Waals surface area contributed by atoms with Crippen molar-refractivity contribution in [2.24, 2.45) is 5.73 Å². The van der Waals surface area contributed by atoms with Crippen LogP contribution < -0.4 is 5.73 Å². The average Bonchev–Trinajstić information content (AvgIpc) is 2.68. The van der Waals surface area contributed by atoms with Crippen molar-refractivity contribution in [1.29, 1.82) is 0 Å². The number of aromatic nitrogens is 2. The molecule has 0 spiro atoms. The average molecular weight is 241 g/mol. The summed E-state index contributed by atoms with van der Waals surface area (Å²) in [6.45, 7) is 0. The summed E-state index contributed by atoms with van der Waals surface area (Å²) in [6.07, 6.45) is 3.24. The first-order valence-electron chi connectivity index (χ1n) is 4.96. The van der Waals surface area contributed by atoms with Crippen molar-refractivity contribution >= 4 is 0 Å². The van der Waals surface area contributed by atoms with Gasteiger partial charge in [-0.2, -0.15) is 0 Å². The number of nitrogens with zero attached hydrogens (tertiary/aromatic N) is 1. The zero-order valence-electron chi connectivity index (χ0n) is 8.75. The number of hydrogen-bond donors (Lipinski definition) is 2. The van der Waals surface area contributed by atoms with Crippen molar-refractivity contribution in [3.05, 3.63) is 53.4 Å². The van der Waals surface area contributed by atoms with Crippen LogP contribution in [0.1, 0.15) is 17.4 Å². The standard InChI is InChI=1S/C11H10F3N3/c12-6-3-7(13)11(8(14)4-6)9(15)5-10-16-1-2-17-10/h1-4,9H,5,15H2,(H,16,17). The molecule has 1 atom stereocenters. The van der Waals surface area contributed by atoms with Crippen LogP contribution in [-0.2, 0) is 6.42 Å². The van der Waals surface area contributed by atoms with Crippen molar-refractivity contribution in [3.8, 4) is 0 Å². The molecule has 0 aliphatic heterocycles. The molecule has 1 heterocycles. The van der Waals surface area contributed by atoms with Gasteiger partial charge < -0.3 is 10.7 Å². The highest BCUT2D eigenvalue weighted by Gasteiger charge is 2.19. The lowest BCUT2D eigenvalue weighted by Crippen LogP contribution is -2.18. The zero-order chi connectivity index (χ0) is 12.4. The Morgan fingerprint density at radius 3 is 2.41 bits per heavy atom. The Bertz CT molecular complexity index is 488. The quantitative estimate of drug-likeness (QED) is 0.864. The molecule has 17 heavy (non-hydrogen) atoms. The Morgan fingerprint density at radius 1 is 1.24 bits per heavy atom. The van der Waals surface area contributed by atoms with Gasteiger partial charge in [0.1, 0.15) is 23.3 Å². The molecule has 0 amide bonds. The molecule has 0 aliphatic carbocycles. The van der Waals surface area contributed by atoms with Crippen LogP contribution in [0, 0.1) is 17.5 Å². The van der Waals surface area contributed by atoms with Gasteiger partial charge in [0.25, 0.3) is 0 Å². The Morgan fingerprint density at radius 2 is 1.88 bits per heavy atom. The lowest BCUT2D eigenvalue weighted by molar-refractivity contribution is 0.499. The molecule has 1 aromatic carbocycles. The molecule has 0 saturated heterocycles. The SMILES string of the molecule is NC(Cc1ncc[nH]1)c1c(F)cc(F)cc1F. The Balaban J connectivity index is 2.27. The zero-order valence-corrected chi connectivity index (χ0v) is 8.75. The summed E-state index contributed by atoms with van der Waals surface area (Å²) in [5.74, 6) is -2.42. The molecule has 0 bridgehead atoms. The summed E-state index contributed by atoms with van der Waals surface area (Å²) >= 11 is 0. The summed E-state index contributed by atoms with van der Waals surface area (Å²) < 4.78 is 39.5. The third kappa shape index (κ3) is 2.47. The summed E-state index contributed by atoms with van der Waals surface area (Å²) in [5.41, 5.74) is 5.34. The minimum atomic E-state index is -0.985. The topological polar surface area (TPSA) is 54.7 Å². The lowest BCUT2D eigenvalue weighted by atomic mass is 10.0. The van der Waals surface area contributed by atoms with E-state index >= 15 is 0 Å². The van der Waals surface area contributed by atoms with E-state index in [1.165, 1.54) is 6.20 Å². The molecule has 90 valence electrons. The molecule has 3 nitrogen and oxygen atoms in total. The fourth-order valence-electron chi connectivity index (χ4n) is 1.63. The highest BCUT2D eigenvalue weighted by Crippen LogP contribution is 2.22. The van der Waals surface area contributed by atoms with E-state index in [-0.39, 0.29) is 12.0 Å². The number of H-pyrrole nitrogens is 1. The third-order valence-corrected chi connectivity index (χ3v) is 2.38. The van der Waals surface area contributed by atoms with Crippen molar-refractivity contribution in [2.75, 3.05) is 0 Å². The van der Waals surface area contributed by atoms with Crippen LogP contribution in [0.5, 0.6) is 0 Å². The molecule has 0 radical (unpaired) electrons. The molecular formula is C11H10F3N3. The van der Waals surface area contributed by atoms with E-state index in [0.29, 0.717) is 18.0 Å². The molecule has 2 aromatic rings. The highest BCUT2D eigenvalue weighted by molar-refractivity contribution is 5.24. The van der Waals surface area contributed by atoms with Crippen LogP contribution >= 0.6 is 0 Å². The fraction of sp³-hybridized carbons (Fsp3) is 0.182. The monoisotopic (exact) mass is 241 g/mol. The molecular weight excluding hydrogens is 231 g/mol. The van der Waals surface area contributed by atoms with Gasteiger partial charge in [0.15, 0.2) is 0 Å². The third-order valence-electron chi connectivity index (χ3n) is 2.38. The molecule has 1 unspecified atom stereocenters. The number of nitrogens with one attached hydrogen (secondary N) is 1. The number of aromatic amines is 1. The minimum Gasteiger partial charge on any atom is -0.349 e. The van der Waals surface area contributed by atoms with Crippen LogP contribution in [-0.4, -0.2) is 9.97 Å². The van der Waals surface area contributed by atoms with Gasteiger partial charge in [0.05, 0.1) is 0 Å². The van der Waals surface area contributed by atoms with Crippen molar-refractivity contribution in [1.82, 2.24) is 9.97 Å². The minimum absolute atomic E-state index is 0.145. The predicted molar refractivity (Wildman–Crippen MR) is 55.5 cm³/mol. The second-order valence-electron chi connectivity index (χ2n) is 3.63. The summed E-state index contributed by atoms with van der Waals surface area (Å²) in [5, 5.41) is 0. The van der Waals surface area contributed by atoms with E-state index in [2.05, 4.69) is 9.97 Å². The van der Waals surface area contributed by atoms with Gasteiger partial charge in [-0.05, 0) is 0 Å². The van der Waals surface area contributed by atoms with Crippen molar-refractivity contribution in [2.45, 2.75) is 12.5 Å². The maximum absolute atomic E-state index is 13.4. The smallest absolute Gasteiger partial charge is 0.133 e.